The molecule has 4 aromatic carbocycles. The van der Waals surface area contributed by atoms with Gasteiger partial charge in [-0.05, 0) is 102 Å². The normalized spacial score (nSPS) is 21.0. The van der Waals surface area contributed by atoms with Crippen LogP contribution in [0.1, 0.15) is 151 Å². The smallest absolute Gasteiger partial charge is 0.247 e. The number of fused-ring (bicyclic) bond motifs is 2. The van der Waals surface area contributed by atoms with Gasteiger partial charge >= 0.3 is 0 Å². The molecular weight excluding hydrogens is 1130 g/mol. The molecule has 2 unspecified atom stereocenters. The Labute approximate surface area is 520 Å². The highest BCUT2D eigenvalue weighted by Gasteiger charge is 2.48. The second kappa shape index (κ2) is 33.9. The van der Waals surface area contributed by atoms with E-state index in [4.69, 9.17) is 0 Å². The van der Waals surface area contributed by atoms with Crippen LogP contribution in [0, 0.1) is 0 Å². The molecule has 4 saturated heterocycles. The molecule has 0 saturated carbocycles. The van der Waals surface area contributed by atoms with Crippen LogP contribution in [-0.4, -0.2) is 155 Å². The summed E-state index contributed by atoms with van der Waals surface area (Å²) >= 11 is 0. The quantitative estimate of drug-likeness (QED) is 0.0491. The molecule has 4 aliphatic heterocycles. The van der Waals surface area contributed by atoms with Crippen LogP contribution in [0.2, 0.25) is 0 Å². The summed E-state index contributed by atoms with van der Waals surface area (Å²) in [6, 6.07) is 32.9. The average Bonchev–Trinajstić information content (AvgIpc) is 2.04. The Morgan fingerprint density at radius 2 is 0.744 bits per heavy atom. The molecule has 86 heavy (non-hydrogen) atoms. The molecule has 6 N–H and O–H groups in total. The number of benzene rings is 4. The molecule has 0 bridgehead atoms. The molecule has 4 aromatic rings. The van der Waals surface area contributed by atoms with Gasteiger partial charge in [0, 0.05) is 51.1 Å². The number of carbonyl (C=O) groups excluding carboxylic acids is 8. The first kappa shape index (κ1) is 68.3. The third-order valence-corrected chi connectivity index (χ3v) is 17.6. The number of amides is 8. The van der Waals surface area contributed by atoms with Crippen LogP contribution >= 0.6 is 0 Å². The molecule has 18 nitrogen and oxygen atoms in total. The molecule has 4 heterocycles. The maximum absolute atomic E-state index is 14.6. The Bertz CT molecular complexity index is 2570. The van der Waals surface area contributed by atoms with E-state index in [0.717, 1.165) is 60.8 Å². The van der Waals surface area contributed by atoms with Gasteiger partial charge in [0.1, 0.15) is 24.2 Å². The van der Waals surface area contributed by atoms with Crippen LogP contribution < -0.4 is 56.7 Å². The molecule has 8 rings (SSSR count). The highest BCUT2D eigenvalue weighted by atomic mass is 35.5. The van der Waals surface area contributed by atoms with Gasteiger partial charge in [-0.25, -0.2) is 0 Å². The first-order valence-corrected chi connectivity index (χ1v) is 30.7. The van der Waals surface area contributed by atoms with Crippen molar-refractivity contribution in [1.29, 1.82) is 0 Å². The largest absolute Gasteiger partial charge is 1.00 e. The third-order valence-electron chi connectivity index (χ3n) is 17.6. The van der Waals surface area contributed by atoms with Gasteiger partial charge in [-0.1, -0.05) is 160 Å². The number of hydrogen-bond acceptors (Lipinski definition) is 10. The van der Waals surface area contributed by atoms with Crippen LogP contribution in [0.15, 0.2) is 121 Å². The zero-order valence-electron chi connectivity index (χ0n) is 50.3. The molecule has 8 amide bonds. The molecule has 466 valence electrons. The first-order valence-electron chi connectivity index (χ1n) is 30.7. The lowest BCUT2D eigenvalue weighted by molar-refractivity contribution is -0.147. The van der Waals surface area contributed by atoms with Crippen molar-refractivity contribution >= 4 is 47.3 Å². The van der Waals surface area contributed by atoms with Crippen LogP contribution in [0.25, 0.3) is 0 Å². The van der Waals surface area contributed by atoms with E-state index in [1.807, 2.05) is 121 Å². The Morgan fingerprint density at radius 1 is 0.442 bits per heavy atom. The van der Waals surface area contributed by atoms with Gasteiger partial charge < -0.3 is 76.3 Å². The predicted octanol–water partition coefficient (Wildman–Crippen LogP) is 0.0762. The molecule has 0 spiro atoms. The van der Waals surface area contributed by atoms with Crippen molar-refractivity contribution in [1.82, 2.24) is 51.5 Å². The standard InChI is InChI=1S/C66H88N10O8.2ClH/c1-45(67-3)61(79)69-53-43-73(41-39-51-35-37-55(75(51)65(53)83)63(81)71-59(47-25-15-11-16-26-47)48-27-17-12-18-28-48)57(77)33-23-9-7-5-6-8-10-24-34-58(78)74-42-40-52-36-38-56(76(52)66(84)54(44-74)70-62(80)46(2)68-4)64(82)72-60(49-29-19-13-20-30-49)50-31-21-14-22-32-50;;/h11-22,25-32,45-46,51-56,59-60,67-68H,5-10,23-24,33-44H2,1-4H3,(H,69,79)(H,70,80)(H,71,81)(H,72,82);2*1H/p-2/t45-,46-,51?,52?,53-,54-,55-,56-;;/m0../s1. The van der Waals surface area contributed by atoms with Crippen molar-refractivity contribution in [2.24, 2.45) is 0 Å². The van der Waals surface area contributed by atoms with E-state index in [2.05, 4.69) is 31.9 Å². The minimum absolute atomic E-state index is 0. The van der Waals surface area contributed by atoms with E-state index in [1.54, 1.807) is 47.5 Å². The Balaban J connectivity index is 0.00000591. The van der Waals surface area contributed by atoms with Crippen molar-refractivity contribution in [2.45, 2.75) is 177 Å². The molecule has 20 heteroatoms. The van der Waals surface area contributed by atoms with Crippen LogP contribution in [0.5, 0.6) is 0 Å². The maximum atomic E-state index is 14.6. The number of halogens is 2. The summed E-state index contributed by atoms with van der Waals surface area (Å²) in [4.78, 5) is 119. The second-order valence-electron chi connectivity index (χ2n) is 23.2. The summed E-state index contributed by atoms with van der Waals surface area (Å²) in [7, 11) is 3.34. The lowest BCUT2D eigenvalue weighted by Crippen LogP contribution is -3.00. The lowest BCUT2D eigenvalue weighted by Gasteiger charge is -2.39. The minimum atomic E-state index is -1.02. The van der Waals surface area contributed by atoms with E-state index >= 15 is 0 Å². The zero-order valence-corrected chi connectivity index (χ0v) is 51.8. The van der Waals surface area contributed by atoms with Gasteiger partial charge in [0.15, 0.2) is 0 Å². The summed E-state index contributed by atoms with van der Waals surface area (Å²) in [5, 5.41) is 18.2. The van der Waals surface area contributed by atoms with Crippen molar-refractivity contribution in [3.8, 4) is 0 Å². The summed E-state index contributed by atoms with van der Waals surface area (Å²) in [5.41, 5.74) is 3.69. The highest BCUT2D eigenvalue weighted by Crippen LogP contribution is 2.34. The third kappa shape index (κ3) is 17.9. The summed E-state index contributed by atoms with van der Waals surface area (Å²) in [6.07, 6.45) is 10.8. The predicted molar refractivity (Wildman–Crippen MR) is 323 cm³/mol. The van der Waals surface area contributed by atoms with E-state index in [9.17, 15) is 38.4 Å². The number of likely N-dealkylation sites (N-methyl/N-ethyl adjacent to an activating group) is 2. The van der Waals surface area contributed by atoms with Crippen LogP contribution in [0.3, 0.4) is 0 Å². The number of nitrogens with zero attached hydrogens (tertiary/aromatic N) is 4. The lowest BCUT2D eigenvalue weighted by atomic mass is 9.98. The zero-order chi connectivity index (χ0) is 59.5. The van der Waals surface area contributed by atoms with Gasteiger partial charge in [-0.15, -0.1) is 0 Å². The molecule has 0 radical (unpaired) electrons. The Morgan fingerprint density at radius 3 is 1.05 bits per heavy atom. The summed E-state index contributed by atoms with van der Waals surface area (Å²) < 4.78 is 0. The number of nitrogens with one attached hydrogen (secondary N) is 6. The number of unbranched alkanes of at least 4 members (excludes halogenated alkanes) is 7. The van der Waals surface area contributed by atoms with Crippen molar-refractivity contribution in [3.05, 3.63) is 144 Å². The van der Waals surface area contributed by atoms with Crippen LogP contribution in [-0.2, 0) is 38.4 Å². The first-order chi connectivity index (χ1) is 40.8. The number of hydrogen-bond donors (Lipinski definition) is 6. The van der Waals surface area contributed by atoms with Crippen molar-refractivity contribution in [2.75, 3.05) is 40.3 Å². The van der Waals surface area contributed by atoms with E-state index < -0.39 is 48.3 Å². The monoisotopic (exact) mass is 1220 g/mol. The topological polar surface area (TPSA) is 222 Å². The fraction of sp³-hybridized carbons (Fsp3) is 0.515. The number of rotatable bonds is 25. The highest BCUT2D eigenvalue weighted by molar-refractivity contribution is 5.96. The summed E-state index contributed by atoms with van der Waals surface area (Å²) in [6.45, 7) is 4.27. The van der Waals surface area contributed by atoms with Gasteiger partial charge in [0.05, 0.1) is 24.2 Å². The van der Waals surface area contributed by atoms with E-state index in [-0.39, 0.29) is 97.2 Å². The fourth-order valence-electron chi connectivity index (χ4n) is 12.5. The van der Waals surface area contributed by atoms with Gasteiger partial charge in [-0.2, -0.15) is 0 Å². The Hall–Kier alpha value is -6.86. The second-order valence-corrected chi connectivity index (χ2v) is 23.2. The van der Waals surface area contributed by atoms with Crippen molar-refractivity contribution in [3.63, 3.8) is 0 Å². The minimum Gasteiger partial charge on any atom is -1.00 e. The van der Waals surface area contributed by atoms with Gasteiger partial charge in [-0.3, -0.25) is 38.4 Å². The molecule has 0 aromatic heterocycles. The Kier molecular flexibility index (Phi) is 26.9. The maximum Gasteiger partial charge on any atom is 0.247 e. The van der Waals surface area contributed by atoms with Gasteiger partial charge in [0.2, 0.25) is 47.3 Å². The van der Waals surface area contributed by atoms with E-state index in [1.165, 1.54) is 0 Å². The number of carbonyl (C=O) groups is 8. The molecule has 8 atom stereocenters. The molecular formula is C66H88Cl2N10O8-2. The van der Waals surface area contributed by atoms with Gasteiger partial charge in [0.25, 0.3) is 0 Å². The molecule has 4 aliphatic rings. The van der Waals surface area contributed by atoms with Crippen molar-refractivity contribution < 1.29 is 63.2 Å². The SMILES string of the molecule is CN[C@@H](C)C(=O)N[C@H]1CN(C(=O)CCCCCCCCCCC(=O)N2CCC3CC[C@@H](C(=O)NC(c4ccccc4)c4ccccc4)N3C(=O)[C@@H](NC(=O)[C@H](C)NC)C2)CCC2CC[C@@H](C(=O)NC(c3ccccc3)c3ccccc3)N2C1=O.[Cl-].[Cl-]. The van der Waals surface area contributed by atoms with E-state index in [0.29, 0.717) is 77.3 Å². The summed E-state index contributed by atoms with van der Waals surface area (Å²) in [5.74, 6) is -2.07. The molecule has 4 fully saturated rings. The molecule has 0 aliphatic carbocycles. The van der Waals surface area contributed by atoms with Crippen LogP contribution in [0.4, 0.5) is 0 Å². The fourth-order valence-corrected chi connectivity index (χ4v) is 12.5. The average molecular weight is 1220 g/mol.